The van der Waals surface area contributed by atoms with Gasteiger partial charge >= 0.3 is 0 Å². The Hall–Kier alpha value is -0.220. The van der Waals surface area contributed by atoms with Crippen LogP contribution in [0.2, 0.25) is 0 Å². The maximum atomic E-state index is 5.34. The molecule has 3 nitrogen and oxygen atoms in total. The molecule has 0 spiro atoms. The topological polar surface area (TPSA) is 38.5 Å². The number of hydrogen-bond donors (Lipinski definition) is 1. The van der Waals surface area contributed by atoms with E-state index in [0.29, 0.717) is 5.88 Å². The minimum absolute atomic E-state index is 0.465. The van der Waals surface area contributed by atoms with Crippen LogP contribution in [0.3, 0.4) is 0 Å². The summed E-state index contributed by atoms with van der Waals surface area (Å²) in [4.78, 5) is 4.92. The molecule has 1 rings (SSSR count). The highest BCUT2D eigenvalue weighted by atomic mass is 79.9. The van der Waals surface area contributed by atoms with Crippen LogP contribution in [-0.4, -0.2) is 18.7 Å². The van der Waals surface area contributed by atoms with Gasteiger partial charge in [0.15, 0.2) is 0 Å². The molecule has 1 aliphatic heterocycles. The number of nitrogens with two attached hydrogens (primary N) is 1. The molecule has 2 N–H and O–H groups in total. The van der Waals surface area contributed by atoms with Gasteiger partial charge in [-0.15, -0.1) is 5.06 Å². The van der Waals surface area contributed by atoms with E-state index in [-0.39, 0.29) is 0 Å². The Labute approximate surface area is 56.2 Å². The lowest BCUT2D eigenvalue weighted by Crippen LogP contribution is -2.13. The second kappa shape index (κ2) is 1.95. The SMILES string of the molecule is CN1CC(Br)=C(N)O1. The van der Waals surface area contributed by atoms with Gasteiger partial charge in [0, 0.05) is 7.05 Å². The van der Waals surface area contributed by atoms with Gasteiger partial charge < -0.3 is 10.6 Å². The van der Waals surface area contributed by atoms with Crippen molar-refractivity contribution in [3.63, 3.8) is 0 Å². The number of nitrogens with zero attached hydrogens (tertiary/aromatic N) is 1. The van der Waals surface area contributed by atoms with Crippen molar-refractivity contribution in [3.05, 3.63) is 10.4 Å². The first-order valence-electron chi connectivity index (χ1n) is 2.23. The van der Waals surface area contributed by atoms with Crippen LogP contribution in [-0.2, 0) is 4.84 Å². The summed E-state index contributed by atoms with van der Waals surface area (Å²) in [5, 5.41) is 1.65. The van der Waals surface area contributed by atoms with E-state index in [1.807, 2.05) is 7.05 Å². The molecule has 1 aliphatic rings. The number of rotatable bonds is 0. The van der Waals surface area contributed by atoms with Gasteiger partial charge in [-0.25, -0.2) is 0 Å². The fraction of sp³-hybridized carbons (Fsp3) is 0.500. The van der Waals surface area contributed by atoms with E-state index >= 15 is 0 Å². The lowest BCUT2D eigenvalue weighted by molar-refractivity contribution is -0.0675. The van der Waals surface area contributed by atoms with Gasteiger partial charge in [-0.2, -0.15) is 0 Å². The molecule has 0 unspecified atom stereocenters. The van der Waals surface area contributed by atoms with Crippen molar-refractivity contribution in [2.45, 2.75) is 0 Å². The Bertz CT molecular complexity index is 120. The summed E-state index contributed by atoms with van der Waals surface area (Å²) in [5.41, 5.74) is 5.34. The van der Waals surface area contributed by atoms with Gasteiger partial charge in [0.05, 0.1) is 11.0 Å². The lowest BCUT2D eigenvalue weighted by Gasteiger charge is -2.05. The summed E-state index contributed by atoms with van der Waals surface area (Å²) in [5.74, 6) is 0.465. The van der Waals surface area contributed by atoms with E-state index in [4.69, 9.17) is 10.6 Å². The molecule has 0 aromatic carbocycles. The van der Waals surface area contributed by atoms with Crippen LogP contribution >= 0.6 is 15.9 Å². The molecule has 0 aliphatic carbocycles. The molecule has 1 heterocycles. The fourth-order valence-electron chi connectivity index (χ4n) is 0.523. The predicted molar refractivity (Wildman–Crippen MR) is 33.9 cm³/mol. The van der Waals surface area contributed by atoms with Gasteiger partial charge in [0.1, 0.15) is 0 Å². The average molecular weight is 179 g/mol. The Morgan fingerprint density at radius 2 is 2.50 bits per heavy atom. The van der Waals surface area contributed by atoms with Gasteiger partial charge in [-0.05, 0) is 15.9 Å². The van der Waals surface area contributed by atoms with E-state index in [1.165, 1.54) is 0 Å². The van der Waals surface area contributed by atoms with Gasteiger partial charge in [0.25, 0.3) is 0 Å². The highest BCUT2D eigenvalue weighted by Crippen LogP contribution is 2.17. The highest BCUT2D eigenvalue weighted by molar-refractivity contribution is 9.11. The van der Waals surface area contributed by atoms with E-state index in [0.717, 1.165) is 11.0 Å². The van der Waals surface area contributed by atoms with Gasteiger partial charge in [-0.3, -0.25) is 0 Å². The van der Waals surface area contributed by atoms with Crippen LogP contribution in [0.4, 0.5) is 0 Å². The van der Waals surface area contributed by atoms with Crippen molar-refractivity contribution in [3.8, 4) is 0 Å². The molecule has 0 radical (unpaired) electrons. The Morgan fingerprint density at radius 1 is 1.88 bits per heavy atom. The fourth-order valence-corrected chi connectivity index (χ4v) is 0.949. The van der Waals surface area contributed by atoms with Crippen molar-refractivity contribution in [1.82, 2.24) is 5.06 Å². The highest BCUT2D eigenvalue weighted by Gasteiger charge is 2.14. The van der Waals surface area contributed by atoms with E-state index in [1.54, 1.807) is 5.06 Å². The normalized spacial score (nSPS) is 21.8. The number of hydroxylamine groups is 2. The zero-order chi connectivity index (χ0) is 6.15. The molecule has 0 saturated heterocycles. The smallest absolute Gasteiger partial charge is 0.221 e. The lowest BCUT2D eigenvalue weighted by atomic mass is 10.6. The zero-order valence-electron chi connectivity index (χ0n) is 4.52. The number of halogens is 1. The van der Waals surface area contributed by atoms with Crippen LogP contribution in [0.5, 0.6) is 0 Å². The van der Waals surface area contributed by atoms with Crippen molar-refractivity contribution >= 4 is 15.9 Å². The molecule has 4 heteroatoms. The average Bonchev–Trinajstić information content (AvgIpc) is 1.85. The predicted octanol–water partition coefficient (Wildman–Crippen LogP) is 0.386. The number of hydrogen-bond acceptors (Lipinski definition) is 3. The third kappa shape index (κ3) is 0.952. The van der Waals surface area contributed by atoms with Crippen LogP contribution in [0.15, 0.2) is 10.4 Å². The Morgan fingerprint density at radius 3 is 2.62 bits per heavy atom. The molecule has 0 bridgehead atoms. The molecular weight excluding hydrogens is 172 g/mol. The third-order valence-corrected chi connectivity index (χ3v) is 1.52. The summed E-state index contributed by atoms with van der Waals surface area (Å²) in [7, 11) is 1.82. The van der Waals surface area contributed by atoms with E-state index < -0.39 is 0 Å². The van der Waals surface area contributed by atoms with Crippen molar-refractivity contribution in [1.29, 1.82) is 0 Å². The molecular formula is C4H7BrN2O. The summed E-state index contributed by atoms with van der Waals surface area (Å²) in [6.45, 7) is 0.742. The molecule has 0 saturated carbocycles. The Balaban J connectivity index is 2.60. The molecule has 0 atom stereocenters. The van der Waals surface area contributed by atoms with Crippen LogP contribution in [0.25, 0.3) is 0 Å². The zero-order valence-corrected chi connectivity index (χ0v) is 6.10. The number of likely N-dealkylation sites (N-methyl/N-ethyl adjacent to an activating group) is 1. The second-order valence-electron chi connectivity index (χ2n) is 1.65. The van der Waals surface area contributed by atoms with Crippen LogP contribution in [0, 0.1) is 0 Å². The van der Waals surface area contributed by atoms with Crippen molar-refractivity contribution in [2.24, 2.45) is 5.73 Å². The van der Waals surface area contributed by atoms with Crippen LogP contribution in [0.1, 0.15) is 0 Å². The van der Waals surface area contributed by atoms with E-state index in [9.17, 15) is 0 Å². The summed E-state index contributed by atoms with van der Waals surface area (Å²) >= 11 is 3.23. The van der Waals surface area contributed by atoms with Crippen molar-refractivity contribution < 1.29 is 4.84 Å². The molecule has 0 fully saturated rings. The molecule has 46 valence electrons. The third-order valence-electron chi connectivity index (χ3n) is 0.883. The Kier molecular flexibility index (Phi) is 1.44. The summed E-state index contributed by atoms with van der Waals surface area (Å²) in [6, 6.07) is 0. The van der Waals surface area contributed by atoms with E-state index in [2.05, 4.69) is 15.9 Å². The van der Waals surface area contributed by atoms with Crippen molar-refractivity contribution in [2.75, 3.05) is 13.6 Å². The molecule has 0 aromatic rings. The maximum absolute atomic E-state index is 5.34. The molecule has 0 aromatic heterocycles. The minimum Gasteiger partial charge on any atom is -0.387 e. The monoisotopic (exact) mass is 178 g/mol. The first kappa shape index (κ1) is 5.91. The summed E-state index contributed by atoms with van der Waals surface area (Å²) < 4.78 is 0.917. The standard InChI is InChI=1S/C4H7BrN2O/c1-7-2-3(5)4(6)8-7/h2,6H2,1H3. The largest absolute Gasteiger partial charge is 0.387 e. The summed E-state index contributed by atoms with van der Waals surface area (Å²) in [6.07, 6.45) is 0. The molecule has 8 heavy (non-hydrogen) atoms. The van der Waals surface area contributed by atoms with Gasteiger partial charge in [0.2, 0.25) is 5.88 Å². The van der Waals surface area contributed by atoms with Crippen LogP contribution < -0.4 is 5.73 Å². The first-order valence-corrected chi connectivity index (χ1v) is 3.02. The quantitative estimate of drug-likeness (QED) is 0.584. The molecule has 0 amide bonds. The van der Waals surface area contributed by atoms with Gasteiger partial charge in [-0.1, -0.05) is 0 Å². The first-order chi connectivity index (χ1) is 3.70. The minimum atomic E-state index is 0.465. The second-order valence-corrected chi connectivity index (χ2v) is 2.60. The maximum Gasteiger partial charge on any atom is 0.221 e.